The monoisotopic (exact) mass is 537 g/mol. The molecule has 3 heterocycles. The fraction of sp³-hybridized carbons (Fsp3) is 0.185. The molecular formula is C27H21Cl2N3O5. The lowest BCUT2D eigenvalue weighted by molar-refractivity contribution is -0.126. The third kappa shape index (κ3) is 4.27. The van der Waals surface area contributed by atoms with Crippen LogP contribution in [-0.2, 0) is 4.79 Å². The molecule has 0 aliphatic carbocycles. The summed E-state index contributed by atoms with van der Waals surface area (Å²) in [5.41, 5.74) is 0.827. The van der Waals surface area contributed by atoms with Crippen LogP contribution in [0.25, 0.3) is 33.5 Å². The Morgan fingerprint density at radius 1 is 1.08 bits per heavy atom. The summed E-state index contributed by atoms with van der Waals surface area (Å²) in [4.78, 5) is 44.2. The number of ketones is 1. The predicted octanol–water partition coefficient (Wildman–Crippen LogP) is 5.64. The van der Waals surface area contributed by atoms with E-state index >= 15 is 0 Å². The van der Waals surface area contributed by atoms with Crippen LogP contribution in [-0.4, -0.2) is 45.4 Å². The molecule has 1 aliphatic rings. The van der Waals surface area contributed by atoms with Crippen molar-refractivity contribution in [2.45, 2.75) is 25.5 Å². The number of likely N-dealkylation sites (N-methyl/N-ethyl adjacent to an activating group) is 1. The summed E-state index contributed by atoms with van der Waals surface area (Å²) < 4.78 is 5.92. The van der Waals surface area contributed by atoms with Crippen molar-refractivity contribution in [2.24, 2.45) is 0 Å². The standard InChI is InChI=1S/C27H21Cl2N3O5/c1-27(2,36)23(33)22-19(21-25(34)32(3)26(35)31-21)17-12-16(13-8-10-14(28)11-9-13)20(30-24(17)37-22)15-6-4-5-7-18(15)29/h4-12,21,36H,1-3H3,(H,31,35). The Morgan fingerprint density at radius 3 is 2.35 bits per heavy atom. The lowest BCUT2D eigenvalue weighted by Gasteiger charge is -2.16. The molecule has 10 heteroatoms. The van der Waals surface area contributed by atoms with Gasteiger partial charge in [0.25, 0.3) is 5.91 Å². The average Bonchev–Trinajstić information content (AvgIpc) is 3.34. The van der Waals surface area contributed by atoms with Crippen LogP contribution in [0.3, 0.4) is 0 Å². The zero-order valence-corrected chi connectivity index (χ0v) is 21.5. The Kier molecular flexibility index (Phi) is 6.06. The summed E-state index contributed by atoms with van der Waals surface area (Å²) in [6.07, 6.45) is 0. The summed E-state index contributed by atoms with van der Waals surface area (Å²) in [5, 5.41) is 14.4. The van der Waals surface area contributed by atoms with Crippen LogP contribution in [0, 0.1) is 0 Å². The van der Waals surface area contributed by atoms with Crippen LogP contribution in [0.5, 0.6) is 0 Å². The SMILES string of the molecule is CN1C(=O)NC(c2c(C(=O)C(C)(C)O)oc3nc(-c4ccccc4Cl)c(-c4ccc(Cl)cc4)cc23)C1=O. The minimum absolute atomic E-state index is 0.0480. The number of amides is 3. The number of carbonyl (C=O) groups is 3. The quantitative estimate of drug-likeness (QED) is 0.251. The number of halogens is 2. The van der Waals surface area contributed by atoms with Crippen LogP contribution >= 0.6 is 23.2 Å². The molecular weight excluding hydrogens is 517 g/mol. The number of pyridine rings is 1. The molecule has 1 unspecified atom stereocenters. The lowest BCUT2D eigenvalue weighted by Crippen LogP contribution is -2.32. The van der Waals surface area contributed by atoms with Gasteiger partial charge in [0, 0.05) is 39.2 Å². The van der Waals surface area contributed by atoms with Gasteiger partial charge >= 0.3 is 6.03 Å². The molecule has 5 rings (SSSR count). The van der Waals surface area contributed by atoms with E-state index in [1.165, 1.54) is 20.9 Å². The van der Waals surface area contributed by atoms with Crippen molar-refractivity contribution in [1.29, 1.82) is 0 Å². The second-order valence-corrected chi connectivity index (χ2v) is 10.1. The van der Waals surface area contributed by atoms with Crippen molar-refractivity contribution in [1.82, 2.24) is 15.2 Å². The molecule has 2 N–H and O–H groups in total. The topological polar surface area (TPSA) is 113 Å². The molecule has 2 aromatic heterocycles. The maximum absolute atomic E-state index is 13.2. The molecule has 3 amide bonds. The van der Waals surface area contributed by atoms with Crippen molar-refractivity contribution in [3.63, 3.8) is 0 Å². The van der Waals surface area contributed by atoms with Gasteiger partial charge in [-0.3, -0.25) is 14.5 Å². The number of carbonyl (C=O) groups excluding carboxylic acids is 3. The largest absolute Gasteiger partial charge is 0.434 e. The van der Waals surface area contributed by atoms with Crippen molar-refractivity contribution < 1.29 is 23.9 Å². The molecule has 1 fully saturated rings. The number of urea groups is 1. The van der Waals surface area contributed by atoms with Gasteiger partial charge in [-0.2, -0.15) is 0 Å². The summed E-state index contributed by atoms with van der Waals surface area (Å²) in [6, 6.07) is 14.1. The van der Waals surface area contributed by atoms with Crippen molar-refractivity contribution in [3.05, 3.63) is 76.0 Å². The first kappa shape index (κ1) is 25.0. The van der Waals surface area contributed by atoms with Crippen LogP contribution in [0.1, 0.15) is 36.0 Å². The van der Waals surface area contributed by atoms with Crippen molar-refractivity contribution in [3.8, 4) is 22.4 Å². The normalized spacial score (nSPS) is 15.9. The highest BCUT2D eigenvalue weighted by atomic mass is 35.5. The van der Waals surface area contributed by atoms with E-state index in [2.05, 4.69) is 5.32 Å². The number of fused-ring (bicyclic) bond motifs is 1. The molecule has 1 aliphatic heterocycles. The smallest absolute Gasteiger partial charge is 0.324 e. The van der Waals surface area contributed by atoms with Crippen LogP contribution < -0.4 is 5.32 Å². The second-order valence-electron chi connectivity index (χ2n) is 9.24. The number of rotatable bonds is 5. The number of furan rings is 1. The van der Waals surface area contributed by atoms with E-state index in [4.69, 9.17) is 32.6 Å². The summed E-state index contributed by atoms with van der Waals surface area (Å²) in [6.45, 7) is 2.63. The Balaban J connectivity index is 1.86. The highest BCUT2D eigenvalue weighted by Gasteiger charge is 2.43. The van der Waals surface area contributed by atoms with Crippen LogP contribution in [0.2, 0.25) is 10.0 Å². The molecule has 2 aromatic carbocycles. The van der Waals surface area contributed by atoms with Crippen molar-refractivity contribution in [2.75, 3.05) is 7.05 Å². The minimum Gasteiger partial charge on any atom is -0.434 e. The Hall–Kier alpha value is -3.72. The third-order valence-corrected chi connectivity index (χ3v) is 6.79. The van der Waals surface area contributed by atoms with Gasteiger partial charge in [0.15, 0.2) is 5.76 Å². The first-order valence-corrected chi connectivity index (χ1v) is 12.1. The van der Waals surface area contributed by atoms with E-state index in [1.54, 1.807) is 36.4 Å². The number of nitrogens with one attached hydrogen (secondary N) is 1. The van der Waals surface area contributed by atoms with Gasteiger partial charge in [0.1, 0.15) is 11.6 Å². The molecule has 1 atom stereocenters. The minimum atomic E-state index is -1.81. The van der Waals surface area contributed by atoms with Gasteiger partial charge in [0.05, 0.1) is 5.69 Å². The average molecular weight is 538 g/mol. The maximum atomic E-state index is 13.2. The zero-order valence-electron chi connectivity index (χ0n) is 20.0. The number of Topliss-reactive ketones (excluding diaryl/α,β-unsaturated/α-hetero) is 1. The highest BCUT2D eigenvalue weighted by molar-refractivity contribution is 6.33. The first-order chi connectivity index (χ1) is 17.5. The number of hydrogen-bond donors (Lipinski definition) is 2. The van der Waals surface area contributed by atoms with Gasteiger partial charge in [-0.1, -0.05) is 53.5 Å². The fourth-order valence-electron chi connectivity index (χ4n) is 4.25. The van der Waals surface area contributed by atoms with Gasteiger partial charge in [-0.05, 0) is 43.7 Å². The second kappa shape index (κ2) is 8.99. The number of benzene rings is 2. The summed E-state index contributed by atoms with van der Waals surface area (Å²) in [5.74, 6) is -1.59. The molecule has 0 saturated carbocycles. The van der Waals surface area contributed by atoms with E-state index in [0.29, 0.717) is 32.3 Å². The Labute approximate surface area is 221 Å². The van der Waals surface area contributed by atoms with E-state index in [9.17, 15) is 19.5 Å². The first-order valence-electron chi connectivity index (χ1n) is 11.3. The molecule has 0 spiro atoms. The summed E-state index contributed by atoms with van der Waals surface area (Å²) >= 11 is 12.6. The van der Waals surface area contributed by atoms with E-state index < -0.39 is 29.4 Å². The predicted molar refractivity (Wildman–Crippen MR) is 140 cm³/mol. The number of hydrogen-bond acceptors (Lipinski definition) is 6. The number of nitrogens with zero attached hydrogens (tertiary/aromatic N) is 2. The third-order valence-electron chi connectivity index (χ3n) is 6.21. The number of imide groups is 1. The highest BCUT2D eigenvalue weighted by Crippen LogP contribution is 2.41. The molecule has 188 valence electrons. The molecule has 0 bridgehead atoms. The van der Waals surface area contributed by atoms with E-state index in [-0.39, 0.29) is 17.0 Å². The fourth-order valence-corrected chi connectivity index (χ4v) is 4.60. The Bertz CT molecular complexity index is 1590. The van der Waals surface area contributed by atoms with Crippen molar-refractivity contribution >= 4 is 52.0 Å². The number of aromatic nitrogens is 1. The molecule has 0 radical (unpaired) electrons. The molecule has 4 aromatic rings. The van der Waals surface area contributed by atoms with Crippen LogP contribution in [0.4, 0.5) is 4.79 Å². The van der Waals surface area contributed by atoms with Gasteiger partial charge in [-0.25, -0.2) is 9.78 Å². The molecule has 37 heavy (non-hydrogen) atoms. The van der Waals surface area contributed by atoms with Gasteiger partial charge in [0.2, 0.25) is 11.5 Å². The number of aliphatic hydroxyl groups is 1. The maximum Gasteiger partial charge on any atom is 0.324 e. The molecule has 8 nitrogen and oxygen atoms in total. The van der Waals surface area contributed by atoms with E-state index in [1.807, 2.05) is 18.2 Å². The zero-order chi connectivity index (χ0) is 26.6. The van der Waals surface area contributed by atoms with Gasteiger partial charge < -0.3 is 14.8 Å². The van der Waals surface area contributed by atoms with Crippen LogP contribution in [0.15, 0.2) is 59.0 Å². The summed E-state index contributed by atoms with van der Waals surface area (Å²) in [7, 11) is 1.34. The Morgan fingerprint density at radius 2 is 1.76 bits per heavy atom. The van der Waals surface area contributed by atoms with E-state index in [0.717, 1.165) is 10.5 Å². The molecule has 1 saturated heterocycles. The van der Waals surface area contributed by atoms with Gasteiger partial charge in [-0.15, -0.1) is 0 Å². The lowest BCUT2D eigenvalue weighted by atomic mass is 9.93.